The van der Waals surface area contributed by atoms with E-state index in [-0.39, 0.29) is 0 Å². The van der Waals surface area contributed by atoms with E-state index in [1.54, 1.807) is 0 Å². The predicted octanol–water partition coefficient (Wildman–Crippen LogP) is 1.40. The van der Waals surface area contributed by atoms with Crippen LogP contribution >= 0.6 is 0 Å². The van der Waals surface area contributed by atoms with Crippen molar-refractivity contribution in [2.24, 2.45) is 13.0 Å². The molecule has 1 aliphatic carbocycles. The quantitative estimate of drug-likeness (QED) is 0.777. The number of aromatic nitrogens is 1. The summed E-state index contributed by atoms with van der Waals surface area (Å²) in [5.74, 6) is 0.911. The Kier molecular flexibility index (Phi) is 2.55. The molecule has 0 bridgehead atoms. The Morgan fingerprint density at radius 2 is 2.43 bits per heavy atom. The van der Waals surface area contributed by atoms with Gasteiger partial charge in [-0.15, -0.1) is 0 Å². The standard InChI is InChI=1S/C11H15N3/c1-14-8-10(4-11(14)5-12)7-13-6-9-2-3-9/h4,8-9,13H,2-3,6-7H2,1H3. The molecule has 1 heterocycles. The molecule has 0 aliphatic heterocycles. The molecule has 14 heavy (non-hydrogen) atoms. The number of rotatable bonds is 4. The van der Waals surface area contributed by atoms with Gasteiger partial charge >= 0.3 is 0 Å². The maximum absolute atomic E-state index is 8.76. The monoisotopic (exact) mass is 189 g/mol. The van der Waals surface area contributed by atoms with Gasteiger partial charge in [-0.25, -0.2) is 0 Å². The number of hydrogen-bond donors (Lipinski definition) is 1. The van der Waals surface area contributed by atoms with Crippen molar-refractivity contribution < 1.29 is 0 Å². The van der Waals surface area contributed by atoms with Crippen molar-refractivity contribution >= 4 is 0 Å². The van der Waals surface area contributed by atoms with Crippen LogP contribution in [-0.4, -0.2) is 11.1 Å². The van der Waals surface area contributed by atoms with E-state index < -0.39 is 0 Å². The fourth-order valence-corrected chi connectivity index (χ4v) is 1.58. The SMILES string of the molecule is Cn1cc(CNCC2CC2)cc1C#N. The van der Waals surface area contributed by atoms with Gasteiger partial charge in [0.1, 0.15) is 11.8 Å². The van der Waals surface area contributed by atoms with Crippen LogP contribution in [0.5, 0.6) is 0 Å². The summed E-state index contributed by atoms with van der Waals surface area (Å²) in [6.45, 7) is 2.00. The Hall–Kier alpha value is -1.27. The van der Waals surface area contributed by atoms with E-state index in [2.05, 4.69) is 11.4 Å². The Balaban J connectivity index is 1.85. The highest BCUT2D eigenvalue weighted by Crippen LogP contribution is 2.27. The zero-order valence-electron chi connectivity index (χ0n) is 8.45. The number of aryl methyl sites for hydroxylation is 1. The van der Waals surface area contributed by atoms with Gasteiger partial charge in [-0.2, -0.15) is 5.26 Å². The van der Waals surface area contributed by atoms with Crippen molar-refractivity contribution in [1.82, 2.24) is 9.88 Å². The number of nitrogens with zero attached hydrogens (tertiary/aromatic N) is 2. The number of hydrogen-bond acceptors (Lipinski definition) is 2. The third kappa shape index (κ3) is 2.15. The summed E-state index contributed by atoms with van der Waals surface area (Å²) in [7, 11) is 1.91. The molecule has 0 amide bonds. The third-order valence-electron chi connectivity index (χ3n) is 2.64. The highest BCUT2D eigenvalue weighted by atomic mass is 14.9. The maximum Gasteiger partial charge on any atom is 0.120 e. The van der Waals surface area contributed by atoms with Gasteiger partial charge in [0.15, 0.2) is 0 Å². The van der Waals surface area contributed by atoms with Crippen LogP contribution in [0.1, 0.15) is 24.1 Å². The van der Waals surface area contributed by atoms with Crippen molar-refractivity contribution in [1.29, 1.82) is 5.26 Å². The maximum atomic E-state index is 8.76. The normalized spacial score (nSPS) is 15.4. The smallest absolute Gasteiger partial charge is 0.120 e. The first-order chi connectivity index (χ1) is 6.79. The molecular weight excluding hydrogens is 174 g/mol. The van der Waals surface area contributed by atoms with Crippen molar-refractivity contribution in [2.75, 3.05) is 6.54 Å². The van der Waals surface area contributed by atoms with Crippen LogP contribution in [0.2, 0.25) is 0 Å². The molecular formula is C11H15N3. The van der Waals surface area contributed by atoms with E-state index in [4.69, 9.17) is 5.26 Å². The molecule has 3 nitrogen and oxygen atoms in total. The molecule has 3 heteroatoms. The molecule has 1 fully saturated rings. The molecule has 1 saturated carbocycles. The van der Waals surface area contributed by atoms with E-state index in [1.165, 1.54) is 18.4 Å². The van der Waals surface area contributed by atoms with E-state index >= 15 is 0 Å². The lowest BCUT2D eigenvalue weighted by molar-refractivity contribution is 0.638. The largest absolute Gasteiger partial charge is 0.342 e. The second kappa shape index (κ2) is 3.85. The first kappa shape index (κ1) is 9.29. The van der Waals surface area contributed by atoms with Gasteiger partial charge in [0.2, 0.25) is 0 Å². The van der Waals surface area contributed by atoms with Gasteiger partial charge in [-0.3, -0.25) is 0 Å². The molecule has 1 N–H and O–H groups in total. The molecule has 0 radical (unpaired) electrons. The molecule has 0 aromatic carbocycles. The van der Waals surface area contributed by atoms with Gasteiger partial charge in [0.05, 0.1) is 0 Å². The van der Waals surface area contributed by atoms with Crippen LogP contribution in [0.4, 0.5) is 0 Å². The molecule has 1 aliphatic rings. The van der Waals surface area contributed by atoms with E-state index in [1.807, 2.05) is 23.9 Å². The van der Waals surface area contributed by atoms with Gasteiger partial charge in [-0.1, -0.05) is 0 Å². The van der Waals surface area contributed by atoms with Gasteiger partial charge in [-0.05, 0) is 36.9 Å². The fourth-order valence-electron chi connectivity index (χ4n) is 1.58. The van der Waals surface area contributed by atoms with E-state index in [9.17, 15) is 0 Å². The Morgan fingerprint density at radius 1 is 1.64 bits per heavy atom. The molecule has 2 rings (SSSR count). The van der Waals surface area contributed by atoms with Crippen LogP contribution in [0.15, 0.2) is 12.3 Å². The molecule has 0 unspecified atom stereocenters. The summed E-state index contributed by atoms with van der Waals surface area (Å²) in [6.07, 6.45) is 4.77. The number of nitrogens with one attached hydrogen (secondary N) is 1. The first-order valence-corrected chi connectivity index (χ1v) is 5.05. The predicted molar refractivity (Wildman–Crippen MR) is 54.6 cm³/mol. The summed E-state index contributed by atoms with van der Waals surface area (Å²) in [6, 6.07) is 4.11. The highest BCUT2D eigenvalue weighted by Gasteiger charge is 2.20. The molecule has 0 saturated heterocycles. The van der Waals surface area contributed by atoms with Crippen molar-refractivity contribution in [2.45, 2.75) is 19.4 Å². The average molecular weight is 189 g/mol. The molecule has 0 spiro atoms. The summed E-state index contributed by atoms with van der Waals surface area (Å²) < 4.78 is 1.87. The van der Waals surface area contributed by atoms with Crippen LogP contribution in [-0.2, 0) is 13.6 Å². The minimum atomic E-state index is 0.730. The second-order valence-electron chi connectivity index (χ2n) is 4.03. The summed E-state index contributed by atoms with van der Waals surface area (Å²) in [4.78, 5) is 0. The first-order valence-electron chi connectivity index (χ1n) is 5.05. The molecule has 1 aromatic rings. The lowest BCUT2D eigenvalue weighted by Crippen LogP contribution is -2.15. The van der Waals surface area contributed by atoms with Gasteiger partial charge in [0.25, 0.3) is 0 Å². The van der Waals surface area contributed by atoms with Gasteiger partial charge < -0.3 is 9.88 Å². The van der Waals surface area contributed by atoms with Crippen molar-refractivity contribution in [3.63, 3.8) is 0 Å². The Bertz CT molecular complexity index is 355. The lowest BCUT2D eigenvalue weighted by atomic mass is 10.3. The fraction of sp³-hybridized carbons (Fsp3) is 0.545. The topological polar surface area (TPSA) is 40.8 Å². The van der Waals surface area contributed by atoms with Crippen molar-refractivity contribution in [3.05, 3.63) is 23.5 Å². The Morgan fingerprint density at radius 3 is 3.00 bits per heavy atom. The van der Waals surface area contributed by atoms with Crippen LogP contribution in [0, 0.1) is 17.2 Å². The molecule has 74 valence electrons. The van der Waals surface area contributed by atoms with E-state index in [0.29, 0.717) is 0 Å². The highest BCUT2D eigenvalue weighted by molar-refractivity contribution is 5.28. The van der Waals surface area contributed by atoms with Gasteiger partial charge in [0, 0.05) is 19.8 Å². The summed E-state index contributed by atoms with van der Waals surface area (Å²) in [5, 5.41) is 12.2. The third-order valence-corrected chi connectivity index (χ3v) is 2.64. The summed E-state index contributed by atoms with van der Waals surface area (Å²) >= 11 is 0. The summed E-state index contributed by atoms with van der Waals surface area (Å²) in [5.41, 5.74) is 1.93. The lowest BCUT2D eigenvalue weighted by Gasteiger charge is -1.99. The zero-order valence-corrected chi connectivity index (χ0v) is 8.45. The van der Waals surface area contributed by atoms with Crippen LogP contribution in [0.25, 0.3) is 0 Å². The second-order valence-corrected chi connectivity index (χ2v) is 4.03. The average Bonchev–Trinajstić information content (AvgIpc) is 2.91. The Labute approximate surface area is 84.3 Å². The molecule has 1 aromatic heterocycles. The van der Waals surface area contributed by atoms with E-state index in [0.717, 1.165) is 24.7 Å². The van der Waals surface area contributed by atoms with Crippen molar-refractivity contribution in [3.8, 4) is 6.07 Å². The zero-order chi connectivity index (χ0) is 9.97. The van der Waals surface area contributed by atoms with Crippen LogP contribution < -0.4 is 5.32 Å². The minimum Gasteiger partial charge on any atom is -0.342 e. The number of nitriles is 1. The molecule has 0 atom stereocenters. The minimum absolute atomic E-state index is 0.730. The van der Waals surface area contributed by atoms with Crippen LogP contribution in [0.3, 0.4) is 0 Å².